The number of H-pyrrole nitrogens is 1. The predicted molar refractivity (Wildman–Crippen MR) is 87.9 cm³/mol. The highest BCUT2D eigenvalue weighted by molar-refractivity contribution is 9.10. The van der Waals surface area contributed by atoms with E-state index >= 15 is 0 Å². The largest absolute Gasteiger partial charge is 0.356 e. The molecule has 0 bridgehead atoms. The SMILES string of the molecule is O=C(c1ccccc1)C1CCN(C(=O)c2cc(Br)c[nH]2)CC1. The first-order chi connectivity index (χ1) is 10.6. The van der Waals surface area contributed by atoms with Gasteiger partial charge in [-0.3, -0.25) is 9.59 Å². The van der Waals surface area contributed by atoms with Crippen molar-refractivity contribution in [2.75, 3.05) is 13.1 Å². The van der Waals surface area contributed by atoms with Gasteiger partial charge in [0.25, 0.3) is 5.91 Å². The molecule has 1 aromatic carbocycles. The van der Waals surface area contributed by atoms with Gasteiger partial charge in [0.05, 0.1) is 0 Å². The van der Waals surface area contributed by atoms with Crippen LogP contribution in [0.3, 0.4) is 0 Å². The van der Waals surface area contributed by atoms with Crippen LogP contribution in [0.5, 0.6) is 0 Å². The van der Waals surface area contributed by atoms with Gasteiger partial charge in [-0.25, -0.2) is 0 Å². The van der Waals surface area contributed by atoms with Crippen LogP contribution in [-0.4, -0.2) is 34.7 Å². The minimum atomic E-state index is -0.00342. The monoisotopic (exact) mass is 360 g/mol. The number of nitrogens with one attached hydrogen (secondary N) is 1. The summed E-state index contributed by atoms with van der Waals surface area (Å²) in [5.41, 5.74) is 1.35. The topological polar surface area (TPSA) is 53.2 Å². The minimum Gasteiger partial charge on any atom is -0.356 e. The van der Waals surface area contributed by atoms with Crippen LogP contribution < -0.4 is 0 Å². The molecule has 4 nitrogen and oxygen atoms in total. The molecule has 1 amide bonds. The summed E-state index contributed by atoms with van der Waals surface area (Å²) in [4.78, 5) is 29.6. The van der Waals surface area contributed by atoms with Gasteiger partial charge in [-0.2, -0.15) is 0 Å². The number of halogens is 1. The number of piperidine rings is 1. The van der Waals surface area contributed by atoms with E-state index in [1.165, 1.54) is 0 Å². The molecular formula is C17H17BrN2O2. The van der Waals surface area contributed by atoms with Crippen molar-refractivity contribution in [3.05, 3.63) is 58.3 Å². The van der Waals surface area contributed by atoms with E-state index in [2.05, 4.69) is 20.9 Å². The van der Waals surface area contributed by atoms with Crippen LogP contribution in [0.4, 0.5) is 0 Å². The molecule has 0 spiro atoms. The summed E-state index contributed by atoms with van der Waals surface area (Å²) in [6, 6.07) is 11.2. The Morgan fingerprint density at radius 1 is 1.14 bits per heavy atom. The second-order valence-corrected chi connectivity index (χ2v) is 6.44. The van der Waals surface area contributed by atoms with Crippen LogP contribution in [0.25, 0.3) is 0 Å². The number of hydrogen-bond acceptors (Lipinski definition) is 2. The number of aromatic amines is 1. The maximum absolute atomic E-state index is 12.4. The summed E-state index contributed by atoms with van der Waals surface area (Å²) in [5, 5.41) is 0. The molecule has 3 rings (SSSR count). The summed E-state index contributed by atoms with van der Waals surface area (Å²) < 4.78 is 0.866. The summed E-state index contributed by atoms with van der Waals surface area (Å²) in [6.45, 7) is 1.25. The molecule has 0 atom stereocenters. The fourth-order valence-electron chi connectivity index (χ4n) is 2.84. The number of benzene rings is 1. The van der Waals surface area contributed by atoms with Crippen molar-refractivity contribution < 1.29 is 9.59 Å². The average molecular weight is 361 g/mol. The second kappa shape index (κ2) is 6.48. The summed E-state index contributed by atoms with van der Waals surface area (Å²) in [7, 11) is 0. The van der Waals surface area contributed by atoms with Crippen molar-refractivity contribution in [3.8, 4) is 0 Å². The number of ketones is 1. The molecule has 2 aromatic rings. The Hall–Kier alpha value is -1.88. The van der Waals surface area contributed by atoms with Crippen LogP contribution in [0, 0.1) is 5.92 Å². The second-order valence-electron chi connectivity index (χ2n) is 5.53. The first-order valence-electron chi connectivity index (χ1n) is 7.37. The van der Waals surface area contributed by atoms with Gasteiger partial charge < -0.3 is 9.88 Å². The highest BCUT2D eigenvalue weighted by Gasteiger charge is 2.28. The summed E-state index contributed by atoms with van der Waals surface area (Å²) in [6.07, 6.45) is 3.20. The maximum Gasteiger partial charge on any atom is 0.270 e. The zero-order chi connectivity index (χ0) is 15.5. The van der Waals surface area contributed by atoms with Crippen molar-refractivity contribution >= 4 is 27.6 Å². The Bertz CT molecular complexity index is 673. The van der Waals surface area contributed by atoms with Crippen molar-refractivity contribution in [1.29, 1.82) is 0 Å². The van der Waals surface area contributed by atoms with Crippen LogP contribution >= 0.6 is 15.9 Å². The van der Waals surface area contributed by atoms with E-state index in [-0.39, 0.29) is 17.6 Å². The van der Waals surface area contributed by atoms with Gasteiger partial charge in [-0.1, -0.05) is 30.3 Å². The van der Waals surface area contributed by atoms with Crippen molar-refractivity contribution in [3.63, 3.8) is 0 Å². The molecule has 22 heavy (non-hydrogen) atoms. The standard InChI is InChI=1S/C17H17BrN2O2/c18-14-10-15(19-11-14)17(22)20-8-6-13(7-9-20)16(21)12-4-2-1-3-5-12/h1-5,10-11,13,19H,6-9H2. The van der Waals surface area contributed by atoms with Gasteiger partial charge in [0.15, 0.2) is 5.78 Å². The zero-order valence-corrected chi connectivity index (χ0v) is 13.7. The molecule has 114 valence electrons. The predicted octanol–water partition coefficient (Wildman–Crippen LogP) is 3.51. The smallest absolute Gasteiger partial charge is 0.270 e. The van der Waals surface area contributed by atoms with E-state index in [9.17, 15) is 9.59 Å². The number of aromatic nitrogens is 1. The molecule has 5 heteroatoms. The fourth-order valence-corrected chi connectivity index (χ4v) is 3.19. The molecule has 0 unspecified atom stereocenters. The van der Waals surface area contributed by atoms with E-state index in [4.69, 9.17) is 0 Å². The fraction of sp³-hybridized carbons (Fsp3) is 0.294. The lowest BCUT2D eigenvalue weighted by Gasteiger charge is -2.31. The normalized spacial score (nSPS) is 15.8. The van der Waals surface area contributed by atoms with Gasteiger partial charge in [0, 0.05) is 35.2 Å². The Morgan fingerprint density at radius 3 is 2.41 bits per heavy atom. The first kappa shape index (κ1) is 15.0. The minimum absolute atomic E-state index is 0.00342. The van der Waals surface area contributed by atoms with E-state index in [0.717, 1.165) is 22.9 Å². The van der Waals surface area contributed by atoms with Gasteiger partial charge >= 0.3 is 0 Å². The molecule has 1 aliphatic rings. The number of carbonyl (C=O) groups is 2. The molecule has 1 aliphatic heterocycles. The third kappa shape index (κ3) is 3.14. The molecule has 0 aliphatic carbocycles. The Balaban J connectivity index is 1.61. The number of Topliss-reactive ketones (excluding diaryl/α,β-unsaturated/α-hetero) is 1. The third-order valence-electron chi connectivity index (χ3n) is 4.09. The third-order valence-corrected chi connectivity index (χ3v) is 4.55. The zero-order valence-electron chi connectivity index (χ0n) is 12.1. The molecular weight excluding hydrogens is 344 g/mol. The molecule has 1 aromatic heterocycles. The number of rotatable bonds is 3. The highest BCUT2D eigenvalue weighted by atomic mass is 79.9. The number of likely N-dealkylation sites (tertiary alicyclic amines) is 1. The number of hydrogen-bond donors (Lipinski definition) is 1. The molecule has 1 saturated heterocycles. The van der Waals surface area contributed by atoms with Crippen LogP contribution in [-0.2, 0) is 0 Å². The summed E-state index contributed by atoms with van der Waals surface area (Å²) in [5.74, 6) is 0.202. The van der Waals surface area contributed by atoms with E-state index in [1.54, 1.807) is 12.3 Å². The lowest BCUT2D eigenvalue weighted by molar-refractivity contribution is 0.0646. The summed E-state index contributed by atoms with van der Waals surface area (Å²) >= 11 is 3.33. The number of carbonyl (C=O) groups excluding carboxylic acids is 2. The van der Waals surface area contributed by atoms with Crippen LogP contribution in [0.15, 0.2) is 47.1 Å². The van der Waals surface area contributed by atoms with Gasteiger partial charge in [0.1, 0.15) is 5.69 Å². The first-order valence-corrected chi connectivity index (χ1v) is 8.17. The van der Waals surface area contributed by atoms with Gasteiger partial charge in [0.2, 0.25) is 0 Å². The van der Waals surface area contributed by atoms with Crippen molar-refractivity contribution in [2.45, 2.75) is 12.8 Å². The van der Waals surface area contributed by atoms with Crippen molar-refractivity contribution in [2.24, 2.45) is 5.92 Å². The molecule has 1 fully saturated rings. The Labute approximate surface area is 137 Å². The van der Waals surface area contributed by atoms with Crippen LogP contribution in [0.2, 0.25) is 0 Å². The lowest BCUT2D eigenvalue weighted by Crippen LogP contribution is -2.40. The van der Waals surface area contributed by atoms with E-state index in [1.807, 2.05) is 35.2 Å². The molecule has 0 saturated carbocycles. The number of nitrogens with zero attached hydrogens (tertiary/aromatic N) is 1. The maximum atomic E-state index is 12.4. The van der Waals surface area contributed by atoms with E-state index in [0.29, 0.717) is 18.8 Å². The van der Waals surface area contributed by atoms with Gasteiger partial charge in [-0.15, -0.1) is 0 Å². The number of amides is 1. The van der Waals surface area contributed by atoms with Gasteiger partial charge in [-0.05, 0) is 34.8 Å². The van der Waals surface area contributed by atoms with E-state index < -0.39 is 0 Å². The molecule has 1 N–H and O–H groups in total. The van der Waals surface area contributed by atoms with Crippen molar-refractivity contribution in [1.82, 2.24) is 9.88 Å². The Kier molecular flexibility index (Phi) is 4.43. The molecule has 0 radical (unpaired) electrons. The Morgan fingerprint density at radius 2 is 1.82 bits per heavy atom. The highest BCUT2D eigenvalue weighted by Crippen LogP contribution is 2.23. The lowest BCUT2D eigenvalue weighted by atomic mass is 9.89. The average Bonchev–Trinajstić information content (AvgIpc) is 3.01. The molecule has 2 heterocycles. The van der Waals surface area contributed by atoms with Crippen LogP contribution in [0.1, 0.15) is 33.7 Å². The quantitative estimate of drug-likeness (QED) is 0.851.